The molecule has 0 bridgehead atoms. The van der Waals surface area contributed by atoms with Gasteiger partial charge in [-0.1, -0.05) is 30.9 Å². The van der Waals surface area contributed by atoms with Gasteiger partial charge in [0.15, 0.2) is 0 Å². The molecule has 1 aromatic rings. The van der Waals surface area contributed by atoms with Crippen molar-refractivity contribution in [2.45, 2.75) is 50.7 Å². The number of nitrogens with one attached hydrogen (secondary N) is 2. The van der Waals surface area contributed by atoms with Crippen LogP contribution in [-0.2, 0) is 11.0 Å². The van der Waals surface area contributed by atoms with Crippen LogP contribution < -0.4 is 10.6 Å². The summed E-state index contributed by atoms with van der Waals surface area (Å²) < 4.78 is 38.8. The van der Waals surface area contributed by atoms with E-state index in [0.29, 0.717) is 0 Å². The molecule has 0 atom stereocenters. The first kappa shape index (κ1) is 17.9. The van der Waals surface area contributed by atoms with Gasteiger partial charge < -0.3 is 10.6 Å². The van der Waals surface area contributed by atoms with E-state index >= 15 is 0 Å². The fourth-order valence-electron chi connectivity index (χ4n) is 2.76. The van der Waals surface area contributed by atoms with Crippen molar-refractivity contribution >= 4 is 23.2 Å². The number of hydrogen-bond donors (Lipinski definition) is 2. The number of amides is 1. The lowest BCUT2D eigenvalue weighted by molar-refractivity contribution is -0.137. The zero-order chi connectivity index (χ0) is 16.9. The highest BCUT2D eigenvalue weighted by molar-refractivity contribution is 6.30. The van der Waals surface area contributed by atoms with Crippen molar-refractivity contribution in [2.75, 3.05) is 11.9 Å². The number of alkyl halides is 3. The van der Waals surface area contributed by atoms with Crippen LogP contribution in [0.15, 0.2) is 18.2 Å². The van der Waals surface area contributed by atoms with Crippen molar-refractivity contribution < 1.29 is 18.0 Å². The van der Waals surface area contributed by atoms with Crippen LogP contribution in [-0.4, -0.2) is 18.5 Å². The van der Waals surface area contributed by atoms with E-state index in [9.17, 15) is 18.0 Å². The maximum atomic E-state index is 12.9. The molecule has 3 nitrogen and oxygen atoms in total. The summed E-state index contributed by atoms with van der Waals surface area (Å²) in [6.07, 6.45) is 1.04. The molecule has 0 heterocycles. The van der Waals surface area contributed by atoms with Crippen molar-refractivity contribution in [3.8, 4) is 0 Å². The third kappa shape index (κ3) is 5.61. The Morgan fingerprint density at radius 1 is 1.22 bits per heavy atom. The van der Waals surface area contributed by atoms with Crippen LogP contribution in [0.4, 0.5) is 18.9 Å². The molecule has 1 saturated carbocycles. The van der Waals surface area contributed by atoms with Gasteiger partial charge in [-0.05, 0) is 31.0 Å². The van der Waals surface area contributed by atoms with Gasteiger partial charge in [0.25, 0.3) is 0 Å². The minimum atomic E-state index is -4.49. The molecule has 2 N–H and O–H groups in total. The molecule has 0 unspecified atom stereocenters. The van der Waals surface area contributed by atoms with Gasteiger partial charge in [-0.3, -0.25) is 4.79 Å². The molecule has 1 aromatic carbocycles. The Morgan fingerprint density at radius 3 is 2.57 bits per heavy atom. The summed E-state index contributed by atoms with van der Waals surface area (Å²) in [5.41, 5.74) is -0.884. The number of anilines is 1. The minimum absolute atomic E-state index is 0.0258. The number of halogens is 4. The average molecular weight is 349 g/mol. The van der Waals surface area contributed by atoms with Gasteiger partial charge in [-0.15, -0.1) is 0 Å². The van der Waals surface area contributed by atoms with Crippen molar-refractivity contribution in [3.63, 3.8) is 0 Å². The zero-order valence-corrected chi connectivity index (χ0v) is 13.4. The molecule has 1 amide bonds. The van der Waals surface area contributed by atoms with Crippen LogP contribution in [0.25, 0.3) is 0 Å². The molecule has 0 saturated heterocycles. The van der Waals surface area contributed by atoms with Crippen LogP contribution in [0.2, 0.25) is 5.02 Å². The maximum Gasteiger partial charge on any atom is 0.418 e. The highest BCUT2D eigenvalue weighted by Gasteiger charge is 2.33. The van der Waals surface area contributed by atoms with Crippen LogP contribution in [0.1, 0.15) is 44.1 Å². The maximum absolute atomic E-state index is 12.9. The van der Waals surface area contributed by atoms with E-state index in [1.807, 2.05) is 0 Å². The molecule has 7 heteroatoms. The Hall–Kier alpha value is -1.43. The van der Waals surface area contributed by atoms with Crippen LogP contribution in [0, 0.1) is 0 Å². The summed E-state index contributed by atoms with van der Waals surface area (Å²) in [5, 5.41) is 5.64. The number of benzene rings is 1. The first-order chi connectivity index (χ1) is 10.9. The molecular weight excluding hydrogens is 329 g/mol. The highest BCUT2D eigenvalue weighted by atomic mass is 35.5. The Balaban J connectivity index is 1.85. The second kappa shape index (κ2) is 7.90. The van der Waals surface area contributed by atoms with E-state index in [4.69, 9.17) is 11.6 Å². The molecule has 0 spiro atoms. The van der Waals surface area contributed by atoms with Gasteiger partial charge in [0.2, 0.25) is 5.91 Å². The van der Waals surface area contributed by atoms with Crippen LogP contribution >= 0.6 is 11.6 Å². The van der Waals surface area contributed by atoms with E-state index < -0.39 is 11.7 Å². The Morgan fingerprint density at radius 2 is 1.91 bits per heavy atom. The summed E-state index contributed by atoms with van der Waals surface area (Å²) >= 11 is 5.62. The lowest BCUT2D eigenvalue weighted by Crippen LogP contribution is -2.36. The Labute approximate surface area is 138 Å². The van der Waals surface area contributed by atoms with E-state index in [0.717, 1.165) is 31.7 Å². The molecule has 1 aliphatic rings. The average Bonchev–Trinajstić information content (AvgIpc) is 2.48. The van der Waals surface area contributed by atoms with Crippen molar-refractivity contribution in [1.29, 1.82) is 0 Å². The summed E-state index contributed by atoms with van der Waals surface area (Å²) in [4.78, 5) is 11.8. The van der Waals surface area contributed by atoms with Crippen LogP contribution in [0.5, 0.6) is 0 Å². The van der Waals surface area contributed by atoms with Gasteiger partial charge in [0.1, 0.15) is 0 Å². The normalized spacial score (nSPS) is 16.2. The fraction of sp³-hybridized carbons (Fsp3) is 0.562. The van der Waals surface area contributed by atoms with E-state index in [-0.39, 0.29) is 35.6 Å². The van der Waals surface area contributed by atoms with Gasteiger partial charge in [-0.2, -0.15) is 13.2 Å². The summed E-state index contributed by atoms with van der Waals surface area (Å²) in [5.74, 6) is -0.132. The predicted octanol–water partition coefficient (Wildman–Crippen LogP) is 4.61. The first-order valence-corrected chi connectivity index (χ1v) is 8.14. The zero-order valence-electron chi connectivity index (χ0n) is 12.7. The molecule has 0 aromatic heterocycles. The second-order valence-electron chi connectivity index (χ2n) is 5.77. The molecular formula is C16H20ClF3N2O. The summed E-state index contributed by atoms with van der Waals surface area (Å²) in [7, 11) is 0. The SMILES string of the molecule is O=C(CCNc1ccc(Cl)cc1C(F)(F)F)NC1CCCCC1. The Kier molecular flexibility index (Phi) is 6.16. The number of hydrogen-bond acceptors (Lipinski definition) is 2. The van der Waals surface area contributed by atoms with Gasteiger partial charge in [0, 0.05) is 29.7 Å². The monoisotopic (exact) mass is 348 g/mol. The quantitative estimate of drug-likeness (QED) is 0.815. The third-order valence-corrected chi connectivity index (χ3v) is 4.16. The fourth-order valence-corrected chi connectivity index (χ4v) is 2.93. The van der Waals surface area contributed by atoms with Crippen molar-refractivity contribution in [1.82, 2.24) is 5.32 Å². The smallest absolute Gasteiger partial charge is 0.384 e. The second-order valence-corrected chi connectivity index (χ2v) is 6.20. The molecule has 0 radical (unpaired) electrons. The Bertz CT molecular complexity index is 543. The van der Waals surface area contributed by atoms with E-state index in [2.05, 4.69) is 10.6 Å². The minimum Gasteiger partial charge on any atom is -0.384 e. The standard InChI is InChI=1S/C16H20ClF3N2O/c17-11-6-7-14(13(10-11)16(18,19)20)21-9-8-15(23)22-12-4-2-1-3-5-12/h6-7,10,12,21H,1-5,8-9H2,(H,22,23). The molecule has 128 valence electrons. The number of carbonyl (C=O) groups is 1. The molecule has 2 rings (SSSR count). The van der Waals surface area contributed by atoms with E-state index in [1.165, 1.54) is 18.6 Å². The number of rotatable bonds is 5. The molecule has 0 aliphatic heterocycles. The predicted molar refractivity (Wildman–Crippen MR) is 84.6 cm³/mol. The lowest BCUT2D eigenvalue weighted by atomic mass is 9.95. The van der Waals surface area contributed by atoms with Gasteiger partial charge in [0.05, 0.1) is 5.56 Å². The summed E-state index contributed by atoms with van der Waals surface area (Å²) in [6.45, 7) is 0.142. The molecule has 1 fully saturated rings. The first-order valence-electron chi connectivity index (χ1n) is 7.76. The highest BCUT2D eigenvalue weighted by Crippen LogP contribution is 2.36. The largest absolute Gasteiger partial charge is 0.418 e. The van der Waals surface area contributed by atoms with Crippen molar-refractivity contribution in [3.05, 3.63) is 28.8 Å². The molecule has 23 heavy (non-hydrogen) atoms. The van der Waals surface area contributed by atoms with Gasteiger partial charge in [-0.25, -0.2) is 0 Å². The van der Waals surface area contributed by atoms with Crippen LogP contribution in [0.3, 0.4) is 0 Å². The van der Waals surface area contributed by atoms with E-state index in [1.54, 1.807) is 0 Å². The van der Waals surface area contributed by atoms with Gasteiger partial charge >= 0.3 is 6.18 Å². The number of carbonyl (C=O) groups excluding carboxylic acids is 1. The summed E-state index contributed by atoms with van der Waals surface area (Å²) in [6, 6.07) is 3.76. The lowest BCUT2D eigenvalue weighted by Gasteiger charge is -2.23. The molecule has 1 aliphatic carbocycles. The van der Waals surface area contributed by atoms with Crippen molar-refractivity contribution in [2.24, 2.45) is 0 Å². The third-order valence-electron chi connectivity index (χ3n) is 3.92. The topological polar surface area (TPSA) is 41.1 Å².